The molecule has 4 aromatic carbocycles. The minimum Gasteiger partial charge on any atom is -0.468 e. The zero-order chi connectivity index (χ0) is 27.5. The molecule has 3 aliphatic rings. The van der Waals surface area contributed by atoms with Gasteiger partial charge in [-0.25, -0.2) is 0 Å². The minimum atomic E-state index is -1.57. The summed E-state index contributed by atoms with van der Waals surface area (Å²) < 4.78 is 5.30. The van der Waals surface area contributed by atoms with Crippen LogP contribution in [0.15, 0.2) is 109 Å². The molecule has 1 fully saturated rings. The summed E-state index contributed by atoms with van der Waals surface area (Å²) in [5.74, 6) is -1.88. The Labute approximate surface area is 231 Å². The van der Waals surface area contributed by atoms with Crippen LogP contribution >= 0.6 is 0 Å². The van der Waals surface area contributed by atoms with E-state index in [1.165, 1.54) is 7.11 Å². The molecule has 2 amide bonds. The zero-order valence-electron chi connectivity index (χ0n) is 21.8. The number of amides is 2. The van der Waals surface area contributed by atoms with Gasteiger partial charge in [-0.1, -0.05) is 97.1 Å². The van der Waals surface area contributed by atoms with Gasteiger partial charge in [0.25, 0.3) is 5.91 Å². The van der Waals surface area contributed by atoms with Crippen LogP contribution in [0.5, 0.6) is 0 Å². The van der Waals surface area contributed by atoms with Gasteiger partial charge in [0.15, 0.2) is 0 Å². The average Bonchev–Trinajstić information content (AvgIpc) is 3.57. The Morgan fingerprint density at radius 2 is 1.45 bits per heavy atom. The molecule has 40 heavy (non-hydrogen) atoms. The molecular formula is C33H27N3O4. The molecular weight excluding hydrogens is 502 g/mol. The molecule has 0 aliphatic carbocycles. The van der Waals surface area contributed by atoms with E-state index in [0.717, 1.165) is 11.1 Å². The molecule has 7 nitrogen and oxygen atoms in total. The quantitative estimate of drug-likeness (QED) is 0.386. The van der Waals surface area contributed by atoms with Crippen LogP contribution in [0.4, 0.5) is 11.4 Å². The fraction of sp³-hybridized carbons (Fsp3) is 0.182. The molecule has 0 aromatic heterocycles. The van der Waals surface area contributed by atoms with Crippen LogP contribution in [0.2, 0.25) is 0 Å². The van der Waals surface area contributed by atoms with Crippen LogP contribution in [0, 0.1) is 0 Å². The fourth-order valence-electron chi connectivity index (χ4n) is 7.20. The Hall–Kier alpha value is -4.75. The van der Waals surface area contributed by atoms with Crippen LogP contribution in [0.3, 0.4) is 0 Å². The number of anilines is 2. The summed E-state index contributed by atoms with van der Waals surface area (Å²) in [4.78, 5) is 45.0. The summed E-state index contributed by atoms with van der Waals surface area (Å²) >= 11 is 0. The highest BCUT2D eigenvalue weighted by atomic mass is 16.5. The third kappa shape index (κ3) is 3.01. The van der Waals surface area contributed by atoms with E-state index in [1.54, 1.807) is 4.90 Å². The predicted molar refractivity (Wildman–Crippen MR) is 151 cm³/mol. The third-order valence-electron chi connectivity index (χ3n) is 8.68. The molecule has 0 radical (unpaired) electrons. The summed E-state index contributed by atoms with van der Waals surface area (Å²) in [7, 11) is 1.33. The molecule has 3 heterocycles. The van der Waals surface area contributed by atoms with Crippen molar-refractivity contribution < 1.29 is 19.1 Å². The third-order valence-corrected chi connectivity index (χ3v) is 8.68. The average molecular weight is 530 g/mol. The van der Waals surface area contributed by atoms with Gasteiger partial charge >= 0.3 is 5.97 Å². The second kappa shape index (κ2) is 8.89. The van der Waals surface area contributed by atoms with Crippen molar-refractivity contribution in [2.24, 2.45) is 0 Å². The van der Waals surface area contributed by atoms with E-state index in [2.05, 4.69) is 10.6 Å². The van der Waals surface area contributed by atoms with Gasteiger partial charge in [0.05, 0.1) is 13.7 Å². The molecule has 0 unspecified atom stereocenters. The lowest BCUT2D eigenvalue weighted by Gasteiger charge is -2.41. The highest BCUT2D eigenvalue weighted by Crippen LogP contribution is 2.65. The zero-order valence-corrected chi connectivity index (χ0v) is 21.8. The van der Waals surface area contributed by atoms with Gasteiger partial charge in [-0.3, -0.25) is 19.7 Å². The molecule has 198 valence electrons. The number of carbonyl (C=O) groups is 3. The van der Waals surface area contributed by atoms with Gasteiger partial charge in [-0.05, 0) is 28.8 Å². The van der Waals surface area contributed by atoms with E-state index in [0.29, 0.717) is 29.0 Å². The number of hydrogen-bond acceptors (Lipinski definition) is 5. The first-order valence-corrected chi connectivity index (χ1v) is 13.3. The van der Waals surface area contributed by atoms with Crippen LogP contribution < -0.4 is 15.5 Å². The number of esters is 1. The Morgan fingerprint density at radius 1 is 0.825 bits per heavy atom. The van der Waals surface area contributed by atoms with Crippen LogP contribution in [0.1, 0.15) is 28.2 Å². The molecule has 3 aliphatic heterocycles. The number of nitrogens with zero attached hydrogens (tertiary/aromatic N) is 1. The maximum absolute atomic E-state index is 15.1. The molecule has 0 saturated carbocycles. The molecule has 2 N–H and O–H groups in total. The molecule has 4 atom stereocenters. The lowest BCUT2D eigenvalue weighted by atomic mass is 9.57. The number of nitrogens with one attached hydrogen (secondary N) is 2. The standard InChI is InChI=1S/C33H27N3O4/c1-40-29(37)28-27(22-14-6-3-7-15-22)32(23-16-8-10-18-25(23)34-30(32)38)33(35-28)24-17-9-11-19-26(24)36(31(33)39)20-21-12-4-2-5-13-21/h2-19,27-28,35H,20H2,1H3,(H,34,38)/t27-,28+,32-,33-/m0/s1. The van der Waals surface area contributed by atoms with Crippen molar-refractivity contribution >= 4 is 29.2 Å². The number of rotatable bonds is 4. The van der Waals surface area contributed by atoms with Gasteiger partial charge in [0, 0.05) is 22.9 Å². The van der Waals surface area contributed by atoms with Crippen molar-refractivity contribution in [1.29, 1.82) is 0 Å². The fourth-order valence-corrected chi connectivity index (χ4v) is 7.20. The summed E-state index contributed by atoms with van der Waals surface area (Å²) in [6, 6.07) is 33.3. The van der Waals surface area contributed by atoms with Gasteiger partial charge < -0.3 is 15.0 Å². The second-order valence-electron chi connectivity index (χ2n) is 10.5. The smallest absolute Gasteiger partial charge is 0.323 e. The van der Waals surface area contributed by atoms with Crippen molar-refractivity contribution in [2.45, 2.75) is 29.5 Å². The number of benzene rings is 4. The number of fused-ring (bicyclic) bond motifs is 5. The molecule has 7 rings (SSSR count). The summed E-state index contributed by atoms with van der Waals surface area (Å²) in [5, 5.41) is 6.54. The van der Waals surface area contributed by atoms with Gasteiger partial charge in [0.1, 0.15) is 17.0 Å². The van der Waals surface area contributed by atoms with Crippen molar-refractivity contribution in [2.75, 3.05) is 17.3 Å². The Bertz CT molecular complexity index is 1660. The van der Waals surface area contributed by atoms with Gasteiger partial charge in [-0.15, -0.1) is 0 Å². The van der Waals surface area contributed by atoms with Crippen molar-refractivity contribution in [3.05, 3.63) is 131 Å². The monoisotopic (exact) mass is 529 g/mol. The summed E-state index contributed by atoms with van der Waals surface area (Å²) in [6.45, 7) is 0.318. The first kappa shape index (κ1) is 24.3. The molecule has 1 saturated heterocycles. The van der Waals surface area contributed by atoms with Crippen LogP contribution in [0.25, 0.3) is 0 Å². The molecule has 4 aromatic rings. The van der Waals surface area contributed by atoms with Gasteiger partial charge in [-0.2, -0.15) is 0 Å². The summed E-state index contributed by atoms with van der Waals surface area (Å²) in [6.07, 6.45) is 0. The number of carbonyl (C=O) groups excluding carboxylic acids is 3. The lowest BCUT2D eigenvalue weighted by molar-refractivity contribution is -0.143. The Morgan fingerprint density at radius 3 is 2.17 bits per heavy atom. The highest BCUT2D eigenvalue weighted by molar-refractivity contribution is 6.19. The van der Waals surface area contributed by atoms with Crippen molar-refractivity contribution in [3.8, 4) is 0 Å². The highest BCUT2D eigenvalue weighted by Gasteiger charge is 2.78. The number of ether oxygens (including phenoxy) is 1. The van der Waals surface area contributed by atoms with E-state index >= 15 is 4.79 Å². The maximum Gasteiger partial charge on any atom is 0.323 e. The first-order valence-electron chi connectivity index (χ1n) is 13.3. The molecule has 2 spiro atoms. The maximum atomic E-state index is 15.1. The second-order valence-corrected chi connectivity index (χ2v) is 10.5. The Balaban J connectivity index is 1.56. The van der Waals surface area contributed by atoms with E-state index < -0.39 is 28.9 Å². The van der Waals surface area contributed by atoms with E-state index in [4.69, 9.17) is 4.74 Å². The lowest BCUT2D eigenvalue weighted by Crippen LogP contribution is -2.62. The largest absolute Gasteiger partial charge is 0.468 e. The molecule has 7 heteroatoms. The first-order chi connectivity index (χ1) is 19.5. The molecule has 0 bridgehead atoms. The Kier molecular flexibility index (Phi) is 5.40. The van der Waals surface area contributed by atoms with E-state index in [-0.39, 0.29) is 11.8 Å². The van der Waals surface area contributed by atoms with Crippen LogP contribution in [-0.2, 0) is 36.6 Å². The van der Waals surface area contributed by atoms with Crippen LogP contribution in [-0.4, -0.2) is 30.9 Å². The van der Waals surface area contributed by atoms with Gasteiger partial charge in [0.2, 0.25) is 5.91 Å². The predicted octanol–water partition coefficient (Wildman–Crippen LogP) is 4.25. The SMILES string of the molecule is COC(=O)[C@@H]1N[C@@]2(C(=O)N(Cc3ccccc3)c3ccccc32)[C@]2(C(=O)Nc3ccccc32)[C@H]1c1ccccc1. The minimum absolute atomic E-state index is 0.281. The van der Waals surface area contributed by atoms with E-state index in [1.807, 2.05) is 109 Å². The van der Waals surface area contributed by atoms with Crippen molar-refractivity contribution in [3.63, 3.8) is 0 Å². The summed E-state index contributed by atoms with van der Waals surface area (Å²) in [5.41, 5.74) is 1.34. The normalized spacial score (nSPS) is 26.2. The number of hydrogen-bond donors (Lipinski definition) is 2. The van der Waals surface area contributed by atoms with Crippen molar-refractivity contribution in [1.82, 2.24) is 5.32 Å². The van der Waals surface area contributed by atoms with E-state index in [9.17, 15) is 9.59 Å². The number of para-hydroxylation sites is 2. The number of methoxy groups -OCH3 is 1. The topological polar surface area (TPSA) is 87.7 Å².